The van der Waals surface area contributed by atoms with Crippen molar-refractivity contribution in [3.05, 3.63) is 38.5 Å². The summed E-state index contributed by atoms with van der Waals surface area (Å²) >= 11 is 0. The Bertz CT molecular complexity index is 3610. The first-order valence-corrected chi connectivity index (χ1v) is 34.1. The number of hydrogen-bond donors (Lipinski definition) is 5. The van der Waals surface area contributed by atoms with Gasteiger partial charge in [-0.2, -0.15) is 0 Å². The van der Waals surface area contributed by atoms with E-state index in [0.717, 1.165) is 35.5 Å². The van der Waals surface area contributed by atoms with Gasteiger partial charge in [-0.05, 0) is 89.5 Å². The second-order valence-electron chi connectivity index (χ2n) is 27.9. The zero-order valence-corrected chi connectivity index (χ0v) is 59.7. The Balaban J connectivity index is 1.39. The van der Waals surface area contributed by atoms with E-state index in [1.54, 1.807) is 62.3 Å². The van der Waals surface area contributed by atoms with Gasteiger partial charge in [0, 0.05) is 52.4 Å². The maximum atomic E-state index is 15.6. The van der Waals surface area contributed by atoms with Crippen molar-refractivity contribution in [1.82, 2.24) is 55.7 Å². The third kappa shape index (κ3) is 16.3. The van der Waals surface area contributed by atoms with Gasteiger partial charge < -0.3 is 75.0 Å². The van der Waals surface area contributed by atoms with Crippen LogP contribution in [0.25, 0.3) is 22.6 Å². The van der Waals surface area contributed by atoms with Crippen LogP contribution >= 0.6 is 0 Å². The van der Waals surface area contributed by atoms with Crippen LogP contribution in [0.15, 0.2) is 15.3 Å². The highest BCUT2D eigenvalue weighted by Crippen LogP contribution is 2.38. The van der Waals surface area contributed by atoms with Crippen molar-refractivity contribution in [1.29, 1.82) is 0 Å². The minimum Gasteiger partial charge on any atom is -0.493 e. The molecule has 10 amide bonds. The first-order chi connectivity index (χ1) is 46.1. The summed E-state index contributed by atoms with van der Waals surface area (Å²) in [6.45, 7) is 20.6. The van der Waals surface area contributed by atoms with Gasteiger partial charge in [0.25, 0.3) is 11.8 Å². The Kier molecular flexibility index (Phi) is 25.1. The SMILES string of the molecule is CCCCCCCOc1cc(C(=O)N[C@@H]2C(=O)N[C@H](C(C)C)C(=O)N3CCC[C@@H]3C(=O)N(C)CC(=O)N(C)[C@@H](C(C)C)C(=O)O[C@@H]2C)c2nc3c(C(=O)N[C@H]4C(=O)N[C@@H](C(C)C)C(=O)N5CCC[C@H]5C(=O)N(C)CC(=O)N(C)[C@H](C(C)C)C(=O)O[C@H]4C)c(N)c(=O)c(C)c-3oc2c1C. The van der Waals surface area contributed by atoms with E-state index in [4.69, 9.17) is 29.3 Å². The summed E-state index contributed by atoms with van der Waals surface area (Å²) in [6, 6.07) is -9.55. The van der Waals surface area contributed by atoms with Crippen LogP contribution in [-0.2, 0) is 57.4 Å². The summed E-state index contributed by atoms with van der Waals surface area (Å²) in [5.74, 6) is -12.5. The van der Waals surface area contributed by atoms with Gasteiger partial charge in [-0.1, -0.05) is 88.0 Å². The molecule has 7 rings (SSSR count). The molecule has 0 unspecified atom stereocenters. The van der Waals surface area contributed by atoms with Gasteiger partial charge in [0.2, 0.25) is 52.7 Å². The number of benzene rings is 2. The first kappa shape index (κ1) is 76.4. The van der Waals surface area contributed by atoms with E-state index in [9.17, 15) is 43.2 Å². The van der Waals surface area contributed by atoms with E-state index in [1.807, 2.05) is 0 Å². The molecule has 1 aliphatic carbocycles. The lowest BCUT2D eigenvalue weighted by Gasteiger charge is -2.36. The maximum absolute atomic E-state index is 15.6. The summed E-state index contributed by atoms with van der Waals surface area (Å²) in [6.07, 6.45) is 2.56. The number of carbonyl (C=O) groups excluding carboxylic acids is 12. The average Bonchev–Trinajstić information content (AvgIpc) is 0.759. The molecule has 1 aromatic carbocycles. The second kappa shape index (κ2) is 32.2. The monoisotopic (exact) mass is 1370 g/mol. The molecule has 29 heteroatoms. The number of hydrogen-bond acceptors (Lipinski definition) is 19. The van der Waals surface area contributed by atoms with Crippen LogP contribution in [0.5, 0.6) is 5.75 Å². The van der Waals surface area contributed by atoms with E-state index < -0.39 is 191 Å². The number of aryl methyl sites for hydroxylation is 1. The number of esters is 2. The first-order valence-electron chi connectivity index (χ1n) is 34.1. The van der Waals surface area contributed by atoms with Crippen molar-refractivity contribution in [2.75, 3.05) is 66.7 Å². The number of amides is 10. The molecular formula is C69H100N12O17. The highest BCUT2D eigenvalue weighted by Gasteiger charge is 2.47. The predicted octanol–water partition coefficient (Wildman–Crippen LogP) is 3.07. The molecule has 10 atom stereocenters. The summed E-state index contributed by atoms with van der Waals surface area (Å²) in [4.78, 5) is 202. The number of rotatable bonds is 15. The largest absolute Gasteiger partial charge is 0.493 e. The van der Waals surface area contributed by atoms with Gasteiger partial charge in [0.15, 0.2) is 11.3 Å². The molecule has 4 saturated heterocycles. The Morgan fingerprint density at radius 3 is 1.52 bits per heavy atom. The molecule has 1 aromatic rings. The Hall–Kier alpha value is -8.92. The molecule has 4 fully saturated rings. The molecule has 6 aliphatic rings. The average molecular weight is 1370 g/mol. The van der Waals surface area contributed by atoms with Gasteiger partial charge >= 0.3 is 11.9 Å². The molecule has 0 radical (unpaired) electrons. The normalized spacial score (nSPS) is 25.0. The van der Waals surface area contributed by atoms with Crippen molar-refractivity contribution in [3.63, 3.8) is 0 Å². The molecular weight excluding hydrogens is 1270 g/mol. The van der Waals surface area contributed by atoms with Crippen LogP contribution < -0.4 is 37.2 Å². The van der Waals surface area contributed by atoms with Gasteiger partial charge in [0.1, 0.15) is 77.5 Å². The minimum atomic E-state index is -1.91. The number of aromatic nitrogens is 1. The Labute approximate surface area is 571 Å². The van der Waals surface area contributed by atoms with Crippen molar-refractivity contribution >= 4 is 87.8 Å². The van der Waals surface area contributed by atoms with Crippen LogP contribution in [-0.4, -0.2) is 227 Å². The molecule has 29 nitrogen and oxygen atoms in total. The summed E-state index contributed by atoms with van der Waals surface area (Å²) in [5.41, 5.74) is 3.34. The van der Waals surface area contributed by atoms with Gasteiger partial charge in [-0.25, -0.2) is 14.6 Å². The number of anilines is 1. The third-order valence-corrected chi connectivity index (χ3v) is 19.2. The molecule has 98 heavy (non-hydrogen) atoms. The topological polar surface area (TPSA) is 369 Å². The van der Waals surface area contributed by atoms with E-state index in [2.05, 4.69) is 28.2 Å². The number of unbranched alkanes of at least 4 members (excludes halogenated alkanes) is 4. The van der Waals surface area contributed by atoms with E-state index in [0.29, 0.717) is 19.3 Å². The molecule has 0 saturated carbocycles. The van der Waals surface area contributed by atoms with E-state index >= 15 is 19.2 Å². The number of nitrogens with two attached hydrogens (primary N) is 1. The number of likely N-dealkylation sites (N-methyl/N-ethyl adjacent to an activating group) is 4. The van der Waals surface area contributed by atoms with E-state index in [-0.39, 0.29) is 71.8 Å². The number of cyclic esters (lactones) is 2. The van der Waals surface area contributed by atoms with Crippen molar-refractivity contribution in [3.8, 4) is 17.2 Å². The lowest BCUT2D eigenvalue weighted by molar-refractivity contribution is -0.163. The zero-order valence-electron chi connectivity index (χ0n) is 59.7. The minimum absolute atomic E-state index is 0.110. The van der Waals surface area contributed by atoms with Crippen LogP contribution in [0.2, 0.25) is 0 Å². The zero-order chi connectivity index (χ0) is 72.8. The lowest BCUT2D eigenvalue weighted by atomic mass is 9.98. The van der Waals surface area contributed by atoms with Crippen LogP contribution in [0.3, 0.4) is 0 Å². The third-order valence-electron chi connectivity index (χ3n) is 19.2. The Morgan fingerprint density at radius 2 is 1.08 bits per heavy atom. The molecule has 0 bridgehead atoms. The number of nitrogen functional groups attached to an aromatic ring is 1. The molecule has 6 N–H and O–H groups in total. The summed E-state index contributed by atoms with van der Waals surface area (Å²) in [5, 5.41) is 10.8. The van der Waals surface area contributed by atoms with E-state index in [1.165, 1.54) is 74.6 Å². The number of ether oxygens (including phenoxy) is 3. The molecule has 538 valence electrons. The molecule has 5 aliphatic heterocycles. The highest BCUT2D eigenvalue weighted by atomic mass is 16.6. The number of fused-ring (bicyclic) bond motifs is 4. The van der Waals surface area contributed by atoms with Gasteiger partial charge in [-0.3, -0.25) is 52.7 Å². The maximum Gasteiger partial charge on any atom is 0.329 e. The molecule has 5 heterocycles. The van der Waals surface area contributed by atoms with Crippen molar-refractivity contribution in [2.45, 2.75) is 208 Å². The fourth-order valence-electron chi connectivity index (χ4n) is 13.3. The van der Waals surface area contributed by atoms with Crippen LogP contribution in [0.1, 0.15) is 166 Å². The highest BCUT2D eigenvalue weighted by molar-refractivity contribution is 6.11. The standard InChI is InChI=1S/C69H100N12O17/c1-18-19-20-21-22-29-95-44-30-41(60(85)74-51-39(12)96-68(93)55(35(6)7)78(16)45(82)31-76(14)64(89)42-25-23-27-80(42)66(91)49(33(2)3)72-62(51)87)53-58(37(44)10)98-59-38(11)57(84)48(70)47(54(59)71-53)61(86)75-52-40(13)97-69(94)56(36(8)9)79(17)46(83)32-77(15)65(90)43-26-24-28-81(43)67(92)50(34(4)5)73-63(52)88/h30,33-36,39-40,42-43,49-52,55-56H,18-29,31-32,70H2,1-17H3,(H,72,87)(H,73,88)(H,74,85)(H,75,86)/t39-,40+,42-,43+,49-,50+,51+,52-,55+,56-/m1/s1. The lowest BCUT2D eigenvalue weighted by Crippen LogP contribution is -2.61. The fraction of sp³-hybridized carbons (Fsp3) is 0.652. The summed E-state index contributed by atoms with van der Waals surface area (Å²) in [7, 11) is 5.60. The van der Waals surface area contributed by atoms with Gasteiger partial charge in [0.05, 0.1) is 36.5 Å². The fourth-order valence-corrected chi connectivity index (χ4v) is 13.3. The Morgan fingerprint density at radius 1 is 0.633 bits per heavy atom. The smallest absolute Gasteiger partial charge is 0.329 e. The predicted molar refractivity (Wildman–Crippen MR) is 360 cm³/mol. The number of carbonyl (C=O) groups is 12. The molecule has 0 spiro atoms. The number of nitrogens with zero attached hydrogens (tertiary/aromatic N) is 7. The van der Waals surface area contributed by atoms with Crippen LogP contribution in [0.4, 0.5) is 5.69 Å². The molecule has 0 aromatic heterocycles. The van der Waals surface area contributed by atoms with Crippen LogP contribution in [0, 0.1) is 37.5 Å². The van der Waals surface area contributed by atoms with Crippen molar-refractivity contribution < 1.29 is 76.2 Å². The summed E-state index contributed by atoms with van der Waals surface area (Å²) < 4.78 is 25.0. The van der Waals surface area contributed by atoms with Crippen molar-refractivity contribution in [2.24, 2.45) is 23.7 Å². The quantitative estimate of drug-likeness (QED) is 0.0631. The number of nitrogens with one attached hydrogen (secondary N) is 4. The van der Waals surface area contributed by atoms with Gasteiger partial charge in [-0.15, -0.1) is 0 Å². The second-order valence-corrected chi connectivity index (χ2v) is 27.9.